The molecule has 0 aliphatic carbocycles. The number of halogens is 1. The molecule has 0 fully saturated rings. The fourth-order valence-corrected chi connectivity index (χ4v) is 2.72. The van der Waals surface area contributed by atoms with Crippen LogP contribution < -0.4 is 5.32 Å². The maximum atomic E-state index is 12.1. The molecule has 132 valence electrons. The van der Waals surface area contributed by atoms with Crippen LogP contribution in [0.15, 0.2) is 60.9 Å². The molecule has 0 bridgehead atoms. The van der Waals surface area contributed by atoms with E-state index in [1.165, 1.54) is 6.08 Å². The Hall–Kier alpha value is -2.85. The van der Waals surface area contributed by atoms with E-state index in [-0.39, 0.29) is 5.91 Å². The van der Waals surface area contributed by atoms with E-state index in [4.69, 9.17) is 11.6 Å². The van der Waals surface area contributed by atoms with Crippen molar-refractivity contribution in [1.82, 2.24) is 9.55 Å². The zero-order valence-corrected chi connectivity index (χ0v) is 15.5. The molecule has 0 aliphatic heterocycles. The summed E-state index contributed by atoms with van der Waals surface area (Å²) < 4.78 is 2.07. The van der Waals surface area contributed by atoms with Gasteiger partial charge in [-0.15, -0.1) is 0 Å². The monoisotopic (exact) mass is 365 g/mol. The molecule has 0 aliphatic rings. The summed E-state index contributed by atoms with van der Waals surface area (Å²) in [7, 11) is 0. The second-order valence-electron chi connectivity index (χ2n) is 6.13. The Bertz CT molecular complexity index is 942. The summed E-state index contributed by atoms with van der Waals surface area (Å²) in [6.07, 6.45) is 6.99. The van der Waals surface area contributed by atoms with Gasteiger partial charge < -0.3 is 9.88 Å². The highest BCUT2D eigenvalue weighted by Gasteiger charge is 2.02. The first-order valence-corrected chi connectivity index (χ1v) is 8.71. The number of amides is 1. The number of hydrogen-bond donors (Lipinski definition) is 1. The molecule has 3 rings (SSSR count). The van der Waals surface area contributed by atoms with E-state index in [9.17, 15) is 4.79 Å². The molecule has 5 heteroatoms. The van der Waals surface area contributed by atoms with Gasteiger partial charge >= 0.3 is 0 Å². The Morgan fingerprint density at radius 2 is 1.96 bits per heavy atom. The standard InChI is InChI=1S/C21H20ClN3O/c1-15-3-4-17(13-20(15)22)7-10-21(26)24-19-8-5-18(6-9-19)14-25-12-11-23-16(25)2/h3-13H,14H2,1-2H3,(H,24,26)/b10-7+. The number of carbonyl (C=O) groups is 1. The molecule has 0 saturated heterocycles. The molecule has 0 saturated carbocycles. The Labute approximate surface area is 158 Å². The van der Waals surface area contributed by atoms with Crippen LogP contribution in [0, 0.1) is 13.8 Å². The number of hydrogen-bond acceptors (Lipinski definition) is 2. The molecular weight excluding hydrogens is 346 g/mol. The smallest absolute Gasteiger partial charge is 0.248 e. The van der Waals surface area contributed by atoms with Gasteiger partial charge in [-0.1, -0.05) is 35.9 Å². The van der Waals surface area contributed by atoms with Crippen molar-refractivity contribution in [2.24, 2.45) is 0 Å². The maximum absolute atomic E-state index is 12.1. The van der Waals surface area contributed by atoms with Gasteiger partial charge in [0.25, 0.3) is 0 Å². The summed E-state index contributed by atoms with van der Waals surface area (Å²) in [5.74, 6) is 0.795. The zero-order chi connectivity index (χ0) is 18.5. The van der Waals surface area contributed by atoms with Gasteiger partial charge in [0.1, 0.15) is 5.82 Å². The number of imidazole rings is 1. The van der Waals surface area contributed by atoms with Crippen LogP contribution in [-0.2, 0) is 11.3 Å². The second kappa shape index (κ2) is 8.02. The average molecular weight is 366 g/mol. The Morgan fingerprint density at radius 1 is 1.19 bits per heavy atom. The third kappa shape index (κ3) is 4.61. The lowest BCUT2D eigenvalue weighted by molar-refractivity contribution is -0.111. The van der Waals surface area contributed by atoms with Crippen LogP contribution in [0.4, 0.5) is 5.69 Å². The van der Waals surface area contributed by atoms with Crippen molar-refractivity contribution in [2.75, 3.05) is 5.32 Å². The maximum Gasteiger partial charge on any atom is 0.248 e. The van der Waals surface area contributed by atoms with Crippen LogP contribution in [0.5, 0.6) is 0 Å². The van der Waals surface area contributed by atoms with Gasteiger partial charge in [0.05, 0.1) is 0 Å². The largest absolute Gasteiger partial charge is 0.331 e. The number of carbonyl (C=O) groups excluding carboxylic acids is 1. The van der Waals surface area contributed by atoms with Crippen LogP contribution >= 0.6 is 11.6 Å². The summed E-state index contributed by atoms with van der Waals surface area (Å²) in [6, 6.07) is 13.5. The molecule has 0 radical (unpaired) electrons. The van der Waals surface area contributed by atoms with Crippen molar-refractivity contribution in [3.05, 3.63) is 88.5 Å². The van der Waals surface area contributed by atoms with Gasteiger partial charge in [-0.3, -0.25) is 4.79 Å². The van der Waals surface area contributed by atoms with Crippen LogP contribution in [-0.4, -0.2) is 15.5 Å². The van der Waals surface area contributed by atoms with E-state index in [0.29, 0.717) is 5.02 Å². The number of aromatic nitrogens is 2. The van der Waals surface area contributed by atoms with Crippen molar-refractivity contribution >= 4 is 29.3 Å². The first-order valence-electron chi connectivity index (χ1n) is 8.33. The second-order valence-corrected chi connectivity index (χ2v) is 6.54. The lowest BCUT2D eigenvalue weighted by Gasteiger charge is -2.07. The van der Waals surface area contributed by atoms with Crippen LogP contribution in [0.1, 0.15) is 22.5 Å². The van der Waals surface area contributed by atoms with Crippen molar-refractivity contribution in [3.63, 3.8) is 0 Å². The summed E-state index contributed by atoms with van der Waals surface area (Å²) in [5, 5.41) is 3.55. The first-order chi connectivity index (χ1) is 12.5. The molecule has 1 amide bonds. The van der Waals surface area contributed by atoms with E-state index < -0.39 is 0 Å². The summed E-state index contributed by atoms with van der Waals surface area (Å²) in [6.45, 7) is 4.68. The van der Waals surface area contributed by atoms with Crippen molar-refractivity contribution in [2.45, 2.75) is 20.4 Å². The summed E-state index contributed by atoms with van der Waals surface area (Å²) in [4.78, 5) is 16.3. The zero-order valence-electron chi connectivity index (χ0n) is 14.7. The predicted octanol–water partition coefficient (Wildman–Crippen LogP) is 4.85. The minimum atomic E-state index is -0.181. The highest BCUT2D eigenvalue weighted by Crippen LogP contribution is 2.17. The lowest BCUT2D eigenvalue weighted by atomic mass is 10.1. The topological polar surface area (TPSA) is 46.9 Å². The van der Waals surface area contributed by atoms with E-state index >= 15 is 0 Å². The normalized spacial score (nSPS) is 11.0. The van der Waals surface area contributed by atoms with Gasteiger partial charge in [-0.05, 0) is 54.8 Å². The van der Waals surface area contributed by atoms with Crippen molar-refractivity contribution in [1.29, 1.82) is 0 Å². The highest BCUT2D eigenvalue weighted by molar-refractivity contribution is 6.31. The molecule has 1 heterocycles. The average Bonchev–Trinajstić information content (AvgIpc) is 3.02. The fourth-order valence-electron chi connectivity index (χ4n) is 2.53. The van der Waals surface area contributed by atoms with Crippen LogP contribution in [0.3, 0.4) is 0 Å². The molecule has 0 atom stereocenters. The Balaban J connectivity index is 1.59. The third-order valence-electron chi connectivity index (χ3n) is 4.12. The number of rotatable bonds is 5. The van der Waals surface area contributed by atoms with E-state index in [2.05, 4.69) is 14.9 Å². The van der Waals surface area contributed by atoms with Crippen molar-refractivity contribution < 1.29 is 4.79 Å². The number of benzene rings is 2. The molecule has 1 aromatic heterocycles. The quantitative estimate of drug-likeness (QED) is 0.657. The number of nitrogens with one attached hydrogen (secondary N) is 1. The van der Waals surface area contributed by atoms with Gasteiger partial charge in [-0.2, -0.15) is 0 Å². The number of anilines is 1. The van der Waals surface area contributed by atoms with Gasteiger partial charge in [0.2, 0.25) is 5.91 Å². The molecule has 0 unspecified atom stereocenters. The van der Waals surface area contributed by atoms with Gasteiger partial charge in [-0.25, -0.2) is 4.98 Å². The van der Waals surface area contributed by atoms with Crippen LogP contribution in [0.2, 0.25) is 5.02 Å². The molecule has 4 nitrogen and oxygen atoms in total. The third-order valence-corrected chi connectivity index (χ3v) is 4.53. The van der Waals surface area contributed by atoms with Crippen LogP contribution in [0.25, 0.3) is 6.08 Å². The summed E-state index contributed by atoms with van der Waals surface area (Å²) >= 11 is 6.09. The van der Waals surface area contributed by atoms with E-state index in [1.807, 2.05) is 62.5 Å². The van der Waals surface area contributed by atoms with Crippen molar-refractivity contribution in [3.8, 4) is 0 Å². The fraction of sp³-hybridized carbons (Fsp3) is 0.143. The summed E-state index contributed by atoms with van der Waals surface area (Å²) in [5.41, 5.74) is 3.81. The Morgan fingerprint density at radius 3 is 2.62 bits per heavy atom. The van der Waals surface area contributed by atoms with Gasteiger partial charge in [0.15, 0.2) is 0 Å². The molecular formula is C21H20ClN3O. The lowest BCUT2D eigenvalue weighted by Crippen LogP contribution is -2.08. The van der Waals surface area contributed by atoms with Gasteiger partial charge in [0, 0.05) is 35.7 Å². The molecule has 1 N–H and O–H groups in total. The first kappa shape index (κ1) is 18.0. The molecule has 2 aromatic carbocycles. The number of aryl methyl sites for hydroxylation is 2. The molecule has 0 spiro atoms. The SMILES string of the molecule is Cc1ccc(/C=C/C(=O)Nc2ccc(Cn3ccnc3C)cc2)cc1Cl. The minimum absolute atomic E-state index is 0.181. The minimum Gasteiger partial charge on any atom is -0.331 e. The Kier molecular flexibility index (Phi) is 5.54. The van der Waals surface area contributed by atoms with E-state index in [0.717, 1.165) is 34.7 Å². The highest BCUT2D eigenvalue weighted by atomic mass is 35.5. The molecule has 26 heavy (non-hydrogen) atoms. The molecule has 3 aromatic rings. The number of nitrogens with zero attached hydrogens (tertiary/aromatic N) is 2. The van der Waals surface area contributed by atoms with E-state index in [1.54, 1.807) is 12.3 Å². The predicted molar refractivity (Wildman–Crippen MR) is 106 cm³/mol.